The minimum atomic E-state index is -0.168. The van der Waals surface area contributed by atoms with Crippen molar-refractivity contribution < 1.29 is 9.29 Å². The Bertz CT molecular complexity index is 815. The molecule has 0 bridgehead atoms. The van der Waals surface area contributed by atoms with E-state index in [0.29, 0.717) is 0 Å². The van der Waals surface area contributed by atoms with Gasteiger partial charge >= 0.3 is 0 Å². The lowest BCUT2D eigenvalue weighted by molar-refractivity contribution is -0.914. The molecule has 1 heterocycles. The maximum absolute atomic E-state index is 13.1. The monoisotopic (exact) mass is 321 g/mol. The van der Waals surface area contributed by atoms with Gasteiger partial charge in [0.05, 0.1) is 26.2 Å². The second-order valence-corrected chi connectivity index (χ2v) is 6.53. The molecule has 0 aromatic heterocycles. The SMILES string of the molecule is Fc1ccc(N2CC[NH+](Cc3cccc4ccccc34)CC2)cc1. The summed E-state index contributed by atoms with van der Waals surface area (Å²) in [6, 6.07) is 22.1. The van der Waals surface area contributed by atoms with E-state index in [-0.39, 0.29) is 5.82 Å². The average Bonchev–Trinajstić information content (AvgIpc) is 2.63. The molecule has 3 aromatic carbocycles. The molecule has 1 saturated heterocycles. The summed E-state index contributed by atoms with van der Waals surface area (Å²) in [6.07, 6.45) is 0. The van der Waals surface area contributed by atoms with Gasteiger partial charge in [-0.25, -0.2) is 4.39 Å². The van der Waals surface area contributed by atoms with Gasteiger partial charge < -0.3 is 9.80 Å². The van der Waals surface area contributed by atoms with Crippen LogP contribution < -0.4 is 9.80 Å². The number of quaternary nitrogens is 1. The van der Waals surface area contributed by atoms with Gasteiger partial charge in [-0.3, -0.25) is 0 Å². The Hall–Kier alpha value is -2.39. The second kappa shape index (κ2) is 6.62. The zero-order chi connectivity index (χ0) is 16.4. The Morgan fingerprint density at radius 2 is 1.54 bits per heavy atom. The third-order valence-electron chi connectivity index (χ3n) is 4.98. The van der Waals surface area contributed by atoms with Gasteiger partial charge in [-0.05, 0) is 35.0 Å². The summed E-state index contributed by atoms with van der Waals surface area (Å²) in [4.78, 5) is 3.97. The minimum Gasteiger partial charge on any atom is -0.360 e. The van der Waals surface area contributed by atoms with Crippen molar-refractivity contribution in [3.05, 3.63) is 78.1 Å². The molecule has 3 aromatic rings. The van der Waals surface area contributed by atoms with Gasteiger partial charge in [0.15, 0.2) is 0 Å². The van der Waals surface area contributed by atoms with Gasteiger partial charge in [0, 0.05) is 11.3 Å². The van der Waals surface area contributed by atoms with E-state index in [1.54, 1.807) is 17.0 Å². The van der Waals surface area contributed by atoms with Crippen LogP contribution in [0.3, 0.4) is 0 Å². The minimum absolute atomic E-state index is 0.168. The van der Waals surface area contributed by atoms with E-state index in [1.165, 1.54) is 16.3 Å². The van der Waals surface area contributed by atoms with Gasteiger partial charge in [-0.1, -0.05) is 42.5 Å². The summed E-state index contributed by atoms with van der Waals surface area (Å²) in [7, 11) is 0. The summed E-state index contributed by atoms with van der Waals surface area (Å²) >= 11 is 0. The Morgan fingerprint density at radius 1 is 0.833 bits per heavy atom. The zero-order valence-corrected chi connectivity index (χ0v) is 13.7. The van der Waals surface area contributed by atoms with Crippen LogP contribution in [0.4, 0.5) is 10.1 Å². The first-order valence-corrected chi connectivity index (χ1v) is 8.60. The number of hydrogen-bond donors (Lipinski definition) is 1. The predicted octanol–water partition coefficient (Wildman–Crippen LogP) is 2.88. The molecule has 0 spiro atoms. The molecule has 0 atom stereocenters. The van der Waals surface area contributed by atoms with Crippen molar-refractivity contribution in [1.82, 2.24) is 0 Å². The third-order valence-corrected chi connectivity index (χ3v) is 4.98. The fourth-order valence-corrected chi connectivity index (χ4v) is 3.63. The topological polar surface area (TPSA) is 7.68 Å². The number of fused-ring (bicyclic) bond motifs is 1. The van der Waals surface area contributed by atoms with Crippen LogP contribution in [0.2, 0.25) is 0 Å². The van der Waals surface area contributed by atoms with E-state index < -0.39 is 0 Å². The van der Waals surface area contributed by atoms with E-state index in [1.807, 2.05) is 12.1 Å². The van der Waals surface area contributed by atoms with Crippen molar-refractivity contribution in [1.29, 1.82) is 0 Å². The van der Waals surface area contributed by atoms with Gasteiger partial charge in [0.25, 0.3) is 0 Å². The van der Waals surface area contributed by atoms with Crippen LogP contribution in [0, 0.1) is 5.82 Å². The van der Waals surface area contributed by atoms with Crippen LogP contribution in [-0.4, -0.2) is 26.2 Å². The van der Waals surface area contributed by atoms with Crippen molar-refractivity contribution in [2.24, 2.45) is 0 Å². The molecule has 122 valence electrons. The molecule has 0 aliphatic carbocycles. The van der Waals surface area contributed by atoms with Crippen LogP contribution in [0.5, 0.6) is 0 Å². The quantitative estimate of drug-likeness (QED) is 0.779. The Morgan fingerprint density at radius 3 is 2.33 bits per heavy atom. The predicted molar refractivity (Wildman–Crippen MR) is 97.0 cm³/mol. The fourth-order valence-electron chi connectivity index (χ4n) is 3.63. The van der Waals surface area contributed by atoms with Crippen molar-refractivity contribution >= 4 is 16.5 Å². The standard InChI is InChI=1S/C21H21FN2/c22-19-8-10-20(11-9-19)24-14-12-23(13-15-24)16-18-6-3-5-17-4-1-2-7-21(17)18/h1-11H,12-16H2/p+1. The number of rotatable bonds is 3. The molecule has 0 amide bonds. The van der Waals surface area contributed by atoms with Crippen LogP contribution in [-0.2, 0) is 6.54 Å². The molecule has 24 heavy (non-hydrogen) atoms. The normalized spacial score (nSPS) is 15.8. The van der Waals surface area contributed by atoms with Crippen molar-refractivity contribution in [3.63, 3.8) is 0 Å². The van der Waals surface area contributed by atoms with Crippen molar-refractivity contribution in [3.8, 4) is 0 Å². The number of piperazine rings is 1. The van der Waals surface area contributed by atoms with Crippen molar-refractivity contribution in [2.45, 2.75) is 6.54 Å². The second-order valence-electron chi connectivity index (χ2n) is 6.53. The average molecular weight is 321 g/mol. The molecule has 2 nitrogen and oxygen atoms in total. The molecule has 1 N–H and O–H groups in total. The first kappa shape index (κ1) is 15.2. The molecule has 3 heteroatoms. The molecular formula is C21H22FN2+. The fraction of sp³-hybridized carbons (Fsp3) is 0.238. The number of nitrogens with zero attached hydrogens (tertiary/aromatic N) is 1. The summed E-state index contributed by atoms with van der Waals surface area (Å²) in [5.74, 6) is -0.168. The van der Waals surface area contributed by atoms with Crippen LogP contribution in [0.15, 0.2) is 66.7 Å². The maximum Gasteiger partial charge on any atom is 0.123 e. The summed E-state index contributed by atoms with van der Waals surface area (Å²) in [6.45, 7) is 5.33. The molecular weight excluding hydrogens is 299 g/mol. The Balaban J connectivity index is 1.43. The van der Waals surface area contributed by atoms with Crippen LogP contribution in [0.25, 0.3) is 10.8 Å². The number of anilines is 1. The third kappa shape index (κ3) is 3.13. The number of nitrogens with one attached hydrogen (secondary N) is 1. The van der Waals surface area contributed by atoms with E-state index in [4.69, 9.17) is 0 Å². The largest absolute Gasteiger partial charge is 0.360 e. The van der Waals surface area contributed by atoms with E-state index in [2.05, 4.69) is 47.4 Å². The smallest absolute Gasteiger partial charge is 0.123 e. The Labute approximate surface area is 142 Å². The highest BCUT2D eigenvalue weighted by molar-refractivity contribution is 5.85. The highest BCUT2D eigenvalue weighted by Gasteiger charge is 2.20. The lowest BCUT2D eigenvalue weighted by Crippen LogP contribution is -3.13. The highest BCUT2D eigenvalue weighted by Crippen LogP contribution is 2.18. The molecule has 1 aliphatic heterocycles. The van der Waals surface area contributed by atoms with E-state index in [9.17, 15) is 4.39 Å². The molecule has 1 aliphatic rings. The Kier molecular flexibility index (Phi) is 4.18. The summed E-state index contributed by atoms with van der Waals surface area (Å²) < 4.78 is 13.1. The highest BCUT2D eigenvalue weighted by atomic mass is 19.1. The van der Waals surface area contributed by atoms with Gasteiger partial charge in [-0.2, -0.15) is 0 Å². The molecule has 0 radical (unpaired) electrons. The van der Waals surface area contributed by atoms with Gasteiger partial charge in [0.2, 0.25) is 0 Å². The first-order valence-electron chi connectivity index (χ1n) is 8.60. The number of benzene rings is 3. The molecule has 1 fully saturated rings. The molecule has 0 unspecified atom stereocenters. The van der Waals surface area contributed by atoms with Crippen LogP contribution >= 0.6 is 0 Å². The lowest BCUT2D eigenvalue weighted by atomic mass is 10.0. The number of hydrogen-bond acceptors (Lipinski definition) is 1. The van der Waals surface area contributed by atoms with Crippen LogP contribution in [0.1, 0.15) is 5.56 Å². The van der Waals surface area contributed by atoms with Crippen molar-refractivity contribution in [2.75, 3.05) is 31.1 Å². The summed E-state index contributed by atoms with van der Waals surface area (Å²) in [5, 5.41) is 2.69. The zero-order valence-electron chi connectivity index (χ0n) is 13.7. The molecule has 0 saturated carbocycles. The molecule has 4 rings (SSSR count). The summed E-state index contributed by atoms with van der Waals surface area (Å²) in [5.41, 5.74) is 2.55. The number of halogens is 1. The van der Waals surface area contributed by atoms with Gasteiger partial charge in [0.1, 0.15) is 12.4 Å². The van der Waals surface area contributed by atoms with E-state index >= 15 is 0 Å². The lowest BCUT2D eigenvalue weighted by Gasteiger charge is -2.33. The van der Waals surface area contributed by atoms with E-state index in [0.717, 1.165) is 38.4 Å². The first-order chi connectivity index (χ1) is 11.8. The maximum atomic E-state index is 13.1. The van der Waals surface area contributed by atoms with Gasteiger partial charge in [-0.15, -0.1) is 0 Å².